The van der Waals surface area contributed by atoms with Gasteiger partial charge in [-0.25, -0.2) is 9.97 Å². The minimum absolute atomic E-state index is 0.0628. The lowest BCUT2D eigenvalue weighted by molar-refractivity contribution is 0.455. The molecular formula is C43H41N5O. The third-order valence-electron chi connectivity index (χ3n) is 9.51. The van der Waals surface area contributed by atoms with Gasteiger partial charge in [-0.3, -0.25) is 4.57 Å². The van der Waals surface area contributed by atoms with Crippen LogP contribution < -0.4 is 14.5 Å². The molecule has 244 valence electrons. The normalized spacial score (nSPS) is 14.8. The van der Waals surface area contributed by atoms with Crippen LogP contribution in [-0.2, 0) is 10.8 Å². The van der Waals surface area contributed by atoms with Crippen LogP contribution in [0, 0.1) is 0 Å². The fraction of sp³-hybridized carbons (Fsp3) is 0.209. The summed E-state index contributed by atoms with van der Waals surface area (Å²) >= 11 is 0. The van der Waals surface area contributed by atoms with E-state index in [1.54, 1.807) is 0 Å². The van der Waals surface area contributed by atoms with Crippen molar-refractivity contribution in [3.63, 3.8) is 0 Å². The molecule has 0 unspecified atom stereocenters. The van der Waals surface area contributed by atoms with E-state index < -0.39 is 11.5 Å². The molecule has 0 bridgehead atoms. The monoisotopic (exact) mass is 648 g/mol. The van der Waals surface area contributed by atoms with Crippen molar-refractivity contribution in [2.45, 2.75) is 45.4 Å². The number of para-hydroxylation sites is 3. The maximum atomic E-state index is 8.82. The highest BCUT2D eigenvalue weighted by atomic mass is 16.5. The van der Waals surface area contributed by atoms with Gasteiger partial charge in [-0.2, -0.15) is 0 Å². The highest BCUT2D eigenvalue weighted by Gasteiger charge is 2.30. The van der Waals surface area contributed by atoms with Crippen LogP contribution in [0.4, 0.5) is 17.1 Å². The van der Waals surface area contributed by atoms with Gasteiger partial charge < -0.3 is 14.5 Å². The Balaban J connectivity index is 1.30. The van der Waals surface area contributed by atoms with Crippen molar-refractivity contribution in [3.8, 4) is 17.4 Å². The van der Waals surface area contributed by atoms with Crippen molar-refractivity contribution in [1.29, 1.82) is 0 Å². The zero-order valence-electron chi connectivity index (χ0n) is 33.6. The Morgan fingerprint density at radius 1 is 0.735 bits per heavy atom. The third-order valence-corrected chi connectivity index (χ3v) is 9.51. The molecule has 1 aliphatic heterocycles. The number of ether oxygens (including phenoxy) is 1. The van der Waals surface area contributed by atoms with Gasteiger partial charge in [-0.05, 0) is 65.1 Å². The number of anilines is 3. The Labute approximate surface area is 295 Å². The van der Waals surface area contributed by atoms with Crippen LogP contribution in [0.1, 0.15) is 58.3 Å². The van der Waals surface area contributed by atoms with Crippen LogP contribution in [0.25, 0.3) is 27.6 Å². The second kappa shape index (κ2) is 11.5. The van der Waals surface area contributed by atoms with Crippen molar-refractivity contribution in [1.82, 2.24) is 14.5 Å². The van der Waals surface area contributed by atoms with E-state index in [0.29, 0.717) is 24.0 Å². The molecule has 1 aliphatic rings. The Hall–Kier alpha value is -5.62. The number of nitrogens with zero attached hydrogens (tertiary/aromatic N) is 5. The summed E-state index contributed by atoms with van der Waals surface area (Å²) in [5.41, 5.74) is 5.52. The van der Waals surface area contributed by atoms with Crippen LogP contribution in [0.2, 0.25) is 0 Å². The van der Waals surface area contributed by atoms with Gasteiger partial charge in [0.1, 0.15) is 11.6 Å². The Bertz CT molecular complexity index is 2600. The average Bonchev–Trinajstić information content (AvgIpc) is 3.67. The summed E-state index contributed by atoms with van der Waals surface area (Å²) in [5.74, 6) is 1.68. The summed E-state index contributed by atoms with van der Waals surface area (Å²) in [5, 5.41) is 2.16. The number of benzene rings is 4. The second-order valence-corrected chi connectivity index (χ2v) is 14.2. The number of rotatable bonds is 6. The lowest BCUT2D eigenvalue weighted by Crippen LogP contribution is -2.25. The van der Waals surface area contributed by atoms with Gasteiger partial charge in [0.2, 0.25) is 5.88 Å². The highest BCUT2D eigenvalue weighted by molar-refractivity contribution is 6.09. The molecule has 8 rings (SSSR count). The molecule has 0 radical (unpaired) electrons. The first-order chi connectivity index (χ1) is 25.6. The van der Waals surface area contributed by atoms with E-state index in [9.17, 15) is 0 Å². The van der Waals surface area contributed by atoms with Crippen molar-refractivity contribution in [3.05, 3.63) is 144 Å². The molecule has 0 spiro atoms. The minimum atomic E-state index is -1.10. The van der Waals surface area contributed by atoms with E-state index in [2.05, 4.69) is 77.6 Å². The summed E-state index contributed by atoms with van der Waals surface area (Å²) in [4.78, 5) is 14.2. The number of fused-ring (bicyclic) bond motifs is 4. The van der Waals surface area contributed by atoms with Gasteiger partial charge in [-0.15, -0.1) is 0 Å². The first kappa shape index (κ1) is 25.4. The molecule has 4 heterocycles. The second-order valence-electron chi connectivity index (χ2n) is 14.2. The molecule has 0 atom stereocenters. The smallest absolute Gasteiger partial charge is 0.221 e. The summed E-state index contributed by atoms with van der Waals surface area (Å²) in [6.45, 7) is 10.8. The molecule has 3 aromatic heterocycles. The van der Waals surface area contributed by atoms with Crippen molar-refractivity contribution < 1.29 is 11.6 Å². The summed E-state index contributed by atoms with van der Waals surface area (Å²) in [7, 11) is 2.04. The Morgan fingerprint density at radius 3 is 2.27 bits per heavy atom. The van der Waals surface area contributed by atoms with Crippen LogP contribution >= 0.6 is 0 Å². The lowest BCUT2D eigenvalue weighted by atomic mass is 9.81. The molecule has 0 amide bonds. The molecule has 49 heavy (non-hydrogen) atoms. The van der Waals surface area contributed by atoms with E-state index in [1.807, 2.05) is 75.6 Å². The lowest BCUT2D eigenvalue weighted by Gasteiger charge is -2.28. The Kier molecular flexibility index (Phi) is 5.97. The van der Waals surface area contributed by atoms with Gasteiger partial charge in [-0.1, -0.05) is 95.2 Å². The SMILES string of the molecule is [2H]c1c([2H])c([2H])c(C(C)(C)c2cc(N3CN(C)c4ccccc43)cc(Oc3ccc4c5ccccc5n(-c5cc(C(C)(C)C)ccn5)c4c3)n2)c([2H])c1[2H]. The predicted octanol–water partition coefficient (Wildman–Crippen LogP) is 10.5. The zero-order chi connectivity index (χ0) is 38.3. The van der Waals surface area contributed by atoms with Gasteiger partial charge in [0.25, 0.3) is 0 Å². The maximum absolute atomic E-state index is 8.82. The fourth-order valence-electron chi connectivity index (χ4n) is 6.70. The Morgan fingerprint density at radius 2 is 1.47 bits per heavy atom. The summed E-state index contributed by atoms with van der Waals surface area (Å²) in [6, 6.07) is 28.8. The van der Waals surface area contributed by atoms with Gasteiger partial charge >= 0.3 is 0 Å². The van der Waals surface area contributed by atoms with Crippen molar-refractivity contribution in [2.75, 3.05) is 23.5 Å². The zero-order valence-corrected chi connectivity index (χ0v) is 28.6. The van der Waals surface area contributed by atoms with E-state index in [4.69, 9.17) is 21.6 Å². The molecule has 0 aliphatic carbocycles. The van der Waals surface area contributed by atoms with Crippen LogP contribution in [0.15, 0.2) is 127 Å². The molecule has 6 nitrogen and oxygen atoms in total. The topological polar surface area (TPSA) is 46.4 Å². The van der Waals surface area contributed by atoms with E-state index in [1.165, 1.54) is 5.56 Å². The van der Waals surface area contributed by atoms with Crippen molar-refractivity contribution >= 4 is 38.9 Å². The predicted molar refractivity (Wildman–Crippen MR) is 202 cm³/mol. The maximum Gasteiger partial charge on any atom is 0.221 e. The van der Waals surface area contributed by atoms with E-state index in [-0.39, 0.29) is 35.1 Å². The van der Waals surface area contributed by atoms with Crippen LogP contribution in [0.3, 0.4) is 0 Å². The fourth-order valence-corrected chi connectivity index (χ4v) is 6.70. The quantitative estimate of drug-likeness (QED) is 0.180. The van der Waals surface area contributed by atoms with Crippen LogP contribution in [-0.4, -0.2) is 28.3 Å². The number of hydrogen-bond acceptors (Lipinski definition) is 5. The first-order valence-electron chi connectivity index (χ1n) is 19.0. The number of hydrogen-bond donors (Lipinski definition) is 0. The molecule has 0 N–H and O–H groups in total. The largest absolute Gasteiger partial charge is 0.439 e. The molecule has 4 aromatic carbocycles. The first-order valence-corrected chi connectivity index (χ1v) is 16.5. The van der Waals surface area contributed by atoms with E-state index in [0.717, 1.165) is 44.7 Å². The summed E-state index contributed by atoms with van der Waals surface area (Å²) < 4.78 is 51.5. The molecule has 0 saturated carbocycles. The van der Waals surface area contributed by atoms with Gasteiger partial charge in [0.15, 0.2) is 0 Å². The average molecular weight is 649 g/mol. The molecule has 7 aromatic rings. The van der Waals surface area contributed by atoms with Gasteiger partial charge in [0, 0.05) is 41.6 Å². The molecule has 0 saturated heterocycles. The van der Waals surface area contributed by atoms with Gasteiger partial charge in [0.05, 0.1) is 47.3 Å². The molecule has 0 fully saturated rings. The van der Waals surface area contributed by atoms with Crippen molar-refractivity contribution in [2.24, 2.45) is 0 Å². The number of aromatic nitrogens is 3. The van der Waals surface area contributed by atoms with Crippen LogP contribution in [0.5, 0.6) is 11.6 Å². The molecular weight excluding hydrogens is 603 g/mol. The van der Waals surface area contributed by atoms with E-state index >= 15 is 0 Å². The minimum Gasteiger partial charge on any atom is -0.439 e. The third kappa shape index (κ3) is 5.38. The highest BCUT2D eigenvalue weighted by Crippen LogP contribution is 2.43. The standard InChI is InChI=1S/C43H41N5O/c1-42(2,3)30-22-23-44-40(24-30)48-35-17-11-10-16-33(35)34-21-20-32(27-38(34)48)49-41-26-31(47-28-46(6)36-18-12-13-19-37(36)47)25-39(45-41)43(4,5)29-14-8-7-9-15-29/h7-27H,28H2,1-6H3/i7D,8D,9D,14D,15D. The summed E-state index contributed by atoms with van der Waals surface area (Å²) in [6.07, 6.45) is 1.86. The number of pyridine rings is 2. The molecule has 6 heteroatoms.